The second-order valence-corrected chi connectivity index (χ2v) is 12.5. The molecule has 53 heavy (non-hydrogen) atoms. The number of hydrogen-bond donors (Lipinski definition) is 15. The number of aliphatic hydroxyl groups is 11. The second-order valence-electron chi connectivity index (χ2n) is 12.5. The van der Waals surface area contributed by atoms with E-state index in [1.807, 2.05) is 0 Å². The Labute approximate surface area is 298 Å². The Morgan fingerprint density at radius 3 is 1.74 bits per heavy atom. The fourth-order valence-corrected chi connectivity index (χ4v) is 5.90. The van der Waals surface area contributed by atoms with Crippen LogP contribution in [0.3, 0.4) is 0 Å². The quantitative estimate of drug-likeness (QED) is 0.0691. The lowest BCUT2D eigenvalue weighted by atomic mass is 9.94. The van der Waals surface area contributed by atoms with Gasteiger partial charge in [-0.3, -0.25) is 9.59 Å². The van der Waals surface area contributed by atoms with Gasteiger partial charge in [0.2, 0.25) is 11.8 Å². The topological polar surface area (TPSA) is 411 Å². The number of carbonyl (C=O) groups excluding carboxylic acids is 2. The Hall–Kier alpha value is -2.80. The number of rotatable bonds is 16. The summed E-state index contributed by atoms with van der Waals surface area (Å²) >= 11 is 0. The van der Waals surface area contributed by atoms with Crippen LogP contribution in [-0.4, -0.2) is 226 Å². The van der Waals surface area contributed by atoms with Gasteiger partial charge in [-0.05, 0) is 0 Å². The molecule has 2 amide bonds. The lowest BCUT2D eigenvalue weighted by Crippen LogP contribution is -2.70. The Balaban J connectivity index is 1.96. The van der Waals surface area contributed by atoms with Gasteiger partial charge in [0.25, 0.3) is 0 Å². The number of amides is 2. The maximum Gasteiger partial charge on any atom is 0.335 e. The first-order valence-electron chi connectivity index (χ1n) is 16.0. The monoisotopic (exact) mass is 778 g/mol. The van der Waals surface area contributed by atoms with Gasteiger partial charge in [-0.1, -0.05) is 0 Å². The molecular formula is C28H46N2O23. The summed E-state index contributed by atoms with van der Waals surface area (Å²) in [6.45, 7) is -1.11. The zero-order valence-electron chi connectivity index (χ0n) is 28.0. The number of aliphatic carboxylic acids is 2. The van der Waals surface area contributed by atoms with Crippen LogP contribution >= 0.6 is 0 Å². The van der Waals surface area contributed by atoms with Crippen LogP contribution in [0.15, 0.2) is 0 Å². The molecule has 0 saturated carbocycles. The number of carboxylic acids is 2. The van der Waals surface area contributed by atoms with E-state index in [1.165, 1.54) is 0 Å². The van der Waals surface area contributed by atoms with Crippen LogP contribution < -0.4 is 10.6 Å². The van der Waals surface area contributed by atoms with Crippen molar-refractivity contribution in [3.63, 3.8) is 0 Å². The third-order valence-corrected chi connectivity index (χ3v) is 8.60. The van der Waals surface area contributed by atoms with Gasteiger partial charge in [-0.15, -0.1) is 0 Å². The average Bonchev–Trinajstić information content (AvgIpc) is 3.09. The Kier molecular flexibility index (Phi) is 16.1. The van der Waals surface area contributed by atoms with E-state index in [9.17, 15) is 85.6 Å². The number of hydrogen-bond acceptors (Lipinski definition) is 21. The van der Waals surface area contributed by atoms with Crippen molar-refractivity contribution in [3.05, 3.63) is 0 Å². The van der Waals surface area contributed by atoms with Gasteiger partial charge in [-0.25, -0.2) is 9.59 Å². The van der Waals surface area contributed by atoms with E-state index >= 15 is 0 Å². The summed E-state index contributed by atoms with van der Waals surface area (Å²) in [6.07, 6.45) is -35.9. The zero-order chi connectivity index (χ0) is 40.1. The van der Waals surface area contributed by atoms with Crippen LogP contribution in [0, 0.1) is 0 Å². The molecule has 0 aromatic carbocycles. The van der Waals surface area contributed by atoms with Crippen molar-refractivity contribution in [2.45, 2.75) is 130 Å². The molecular weight excluding hydrogens is 732 g/mol. The van der Waals surface area contributed by atoms with Gasteiger partial charge >= 0.3 is 11.9 Å². The van der Waals surface area contributed by atoms with Crippen molar-refractivity contribution in [1.82, 2.24) is 10.6 Å². The number of carbonyl (C=O) groups is 4. The van der Waals surface area contributed by atoms with Crippen LogP contribution in [0.1, 0.15) is 13.8 Å². The molecule has 3 fully saturated rings. The molecule has 3 aliphatic heterocycles. The average molecular weight is 779 g/mol. The summed E-state index contributed by atoms with van der Waals surface area (Å²) in [5.74, 6) is -5.36. The molecule has 0 spiro atoms. The van der Waals surface area contributed by atoms with E-state index in [2.05, 4.69) is 10.6 Å². The van der Waals surface area contributed by atoms with Crippen LogP contribution in [0.4, 0.5) is 0 Å². The largest absolute Gasteiger partial charge is 0.479 e. The lowest BCUT2D eigenvalue weighted by molar-refractivity contribution is -0.364. The number of carboxylic acid groups (broad SMARTS) is 2. The van der Waals surface area contributed by atoms with E-state index < -0.39 is 160 Å². The SMILES string of the molecule is CC(=O)N[C@H]1[C@H](O[C@H]2[C@H](O)[C@@H](O)[C@H](O[C@@H]([C@H](O)[C@H](O)CO)[C@H](CO)NC(C)=O)O[C@@H]2C(=O)O)O[C@H](CO)[C@H](O)[C@@H]1O[C@@H]1O[C@H](C(=O)O)[C@H](O)[C@H](O)[C@H]1O. The maximum atomic E-state index is 12.4. The molecule has 306 valence electrons. The summed E-state index contributed by atoms with van der Waals surface area (Å²) < 4.78 is 32.7. The zero-order valence-corrected chi connectivity index (χ0v) is 28.0. The first kappa shape index (κ1) is 44.6. The van der Waals surface area contributed by atoms with Crippen LogP contribution in [0.5, 0.6) is 0 Å². The van der Waals surface area contributed by atoms with Gasteiger partial charge in [0.15, 0.2) is 31.1 Å². The first-order chi connectivity index (χ1) is 24.8. The molecule has 25 heteroatoms. The highest BCUT2D eigenvalue weighted by molar-refractivity contribution is 5.74. The van der Waals surface area contributed by atoms with Gasteiger partial charge in [-0.2, -0.15) is 0 Å². The number of ether oxygens (including phenoxy) is 6. The summed E-state index contributed by atoms with van der Waals surface area (Å²) in [5, 5.41) is 138. The van der Waals surface area contributed by atoms with Crippen molar-refractivity contribution in [3.8, 4) is 0 Å². The minimum atomic E-state index is -2.35. The highest BCUT2D eigenvalue weighted by atomic mass is 16.8. The summed E-state index contributed by atoms with van der Waals surface area (Å²) in [7, 11) is 0. The van der Waals surface area contributed by atoms with Gasteiger partial charge < -0.3 is 105 Å². The van der Waals surface area contributed by atoms with Crippen LogP contribution in [0.25, 0.3) is 0 Å². The highest BCUT2D eigenvalue weighted by Gasteiger charge is 2.56. The molecule has 15 N–H and O–H groups in total. The first-order valence-corrected chi connectivity index (χ1v) is 16.0. The Morgan fingerprint density at radius 2 is 1.23 bits per heavy atom. The lowest BCUT2D eigenvalue weighted by Gasteiger charge is -2.49. The molecule has 25 nitrogen and oxygen atoms in total. The fraction of sp³-hybridized carbons (Fsp3) is 0.857. The predicted molar refractivity (Wildman–Crippen MR) is 160 cm³/mol. The molecule has 0 radical (unpaired) electrons. The van der Waals surface area contributed by atoms with Gasteiger partial charge in [0.05, 0.1) is 25.9 Å². The third kappa shape index (κ3) is 10.3. The van der Waals surface area contributed by atoms with E-state index in [0.29, 0.717) is 0 Å². The Bertz CT molecular complexity index is 1250. The molecule has 19 atom stereocenters. The van der Waals surface area contributed by atoms with Crippen molar-refractivity contribution < 1.29 is 114 Å². The normalized spacial score (nSPS) is 40.0. The van der Waals surface area contributed by atoms with E-state index in [0.717, 1.165) is 13.8 Å². The predicted octanol–water partition coefficient (Wildman–Crippen LogP) is -9.64. The van der Waals surface area contributed by atoms with Crippen LogP contribution in [-0.2, 0) is 47.6 Å². The highest BCUT2D eigenvalue weighted by Crippen LogP contribution is 2.33. The molecule has 0 aromatic rings. The maximum absolute atomic E-state index is 12.4. The second kappa shape index (κ2) is 19.2. The number of aliphatic hydroxyl groups excluding tert-OH is 11. The van der Waals surface area contributed by atoms with Crippen molar-refractivity contribution in [1.29, 1.82) is 0 Å². The van der Waals surface area contributed by atoms with E-state index in [-0.39, 0.29) is 0 Å². The molecule has 0 aliphatic carbocycles. The van der Waals surface area contributed by atoms with Gasteiger partial charge in [0.1, 0.15) is 79.3 Å². The van der Waals surface area contributed by atoms with Crippen molar-refractivity contribution >= 4 is 23.8 Å². The smallest absolute Gasteiger partial charge is 0.335 e. The minimum Gasteiger partial charge on any atom is -0.479 e. The number of nitrogens with one attached hydrogen (secondary N) is 2. The standard InChI is InChI=1S/C28H46N2O23/c1-6(34)29-8(3-31)19(12(37)9(36)4-32)49-28-18(43)16(41)21(23(53-28)25(46)47)51-26-11(30-7(2)35)20(13(38)10(5-33)48-26)50-27-17(42)14(39)15(40)22(52-27)24(44)45/h8-23,26-28,31-33,36-43H,3-5H2,1-2H3,(H,29,34)(H,30,35)(H,44,45)(H,46,47)/t8-,9+,10+,11+,12+,13-,14-,15+,16+,17+,18+,19+,20+,21-,22-,23-,26-,27+,28+/m0/s1. The molecule has 3 rings (SSSR count). The van der Waals surface area contributed by atoms with Crippen molar-refractivity contribution in [2.75, 3.05) is 19.8 Å². The van der Waals surface area contributed by atoms with E-state index in [4.69, 9.17) is 28.4 Å². The molecule has 3 saturated heterocycles. The summed E-state index contributed by atoms with van der Waals surface area (Å²) in [6, 6.07) is -3.38. The van der Waals surface area contributed by atoms with Crippen LogP contribution in [0.2, 0.25) is 0 Å². The molecule has 0 unspecified atom stereocenters. The third-order valence-electron chi connectivity index (χ3n) is 8.60. The molecule has 0 bridgehead atoms. The molecule has 0 aromatic heterocycles. The van der Waals surface area contributed by atoms with E-state index in [1.54, 1.807) is 0 Å². The Morgan fingerprint density at radius 1 is 0.660 bits per heavy atom. The van der Waals surface area contributed by atoms with Crippen molar-refractivity contribution in [2.24, 2.45) is 0 Å². The molecule has 3 heterocycles. The molecule has 3 aliphatic rings. The fourth-order valence-electron chi connectivity index (χ4n) is 5.90. The summed E-state index contributed by atoms with van der Waals surface area (Å²) in [5.41, 5.74) is 0. The van der Waals surface area contributed by atoms with Gasteiger partial charge in [0, 0.05) is 13.8 Å². The summed E-state index contributed by atoms with van der Waals surface area (Å²) in [4.78, 5) is 48.0. The minimum absolute atomic E-state index is 0.778.